The van der Waals surface area contributed by atoms with Gasteiger partial charge in [0, 0.05) is 19.6 Å². The van der Waals surface area contributed by atoms with Crippen LogP contribution in [0.5, 0.6) is 0 Å². The van der Waals surface area contributed by atoms with Crippen LogP contribution < -0.4 is 10.6 Å². The fourth-order valence-electron chi connectivity index (χ4n) is 2.60. The van der Waals surface area contributed by atoms with Crippen molar-refractivity contribution < 1.29 is 0 Å². The molecule has 1 saturated carbocycles. The number of halogens is 1. The minimum absolute atomic E-state index is 0. The molecule has 0 aromatic heterocycles. The molecule has 1 aromatic carbocycles. The van der Waals surface area contributed by atoms with Crippen molar-refractivity contribution in [3.63, 3.8) is 0 Å². The first kappa shape index (κ1) is 17.3. The van der Waals surface area contributed by atoms with Gasteiger partial charge in [-0.25, -0.2) is 0 Å². The molecule has 2 N–H and O–H groups in total. The van der Waals surface area contributed by atoms with Gasteiger partial charge in [-0.3, -0.25) is 4.99 Å². The summed E-state index contributed by atoms with van der Waals surface area (Å²) >= 11 is 0. The maximum atomic E-state index is 4.29. The molecule has 2 rings (SSSR count). The van der Waals surface area contributed by atoms with E-state index in [-0.39, 0.29) is 24.0 Å². The van der Waals surface area contributed by atoms with E-state index >= 15 is 0 Å². The molecule has 0 unspecified atom stereocenters. The van der Waals surface area contributed by atoms with Crippen LogP contribution in [0.15, 0.2) is 35.3 Å². The molecule has 0 atom stereocenters. The average molecular weight is 387 g/mol. The number of hydrogen-bond donors (Lipinski definition) is 2. The summed E-state index contributed by atoms with van der Waals surface area (Å²) in [6, 6.07) is 11.3. The minimum atomic E-state index is 0. The van der Waals surface area contributed by atoms with Crippen LogP contribution in [0.25, 0.3) is 0 Å². The van der Waals surface area contributed by atoms with Crippen LogP contribution in [-0.2, 0) is 6.42 Å². The van der Waals surface area contributed by atoms with E-state index in [0.29, 0.717) is 6.04 Å². The van der Waals surface area contributed by atoms with Gasteiger partial charge < -0.3 is 10.6 Å². The Morgan fingerprint density at radius 2 is 1.90 bits per heavy atom. The molecule has 0 bridgehead atoms. The molecule has 1 aliphatic carbocycles. The maximum Gasteiger partial charge on any atom is 0.191 e. The second-order valence-corrected chi connectivity index (χ2v) is 5.21. The standard InChI is InChI=1S/C16H25N3.HI/c1-17-16(19-15-11-5-6-12-15)18-13-7-10-14-8-3-2-4-9-14;/h2-4,8-9,15H,5-7,10-13H2,1H3,(H2,17,18,19);1H. The molecule has 0 heterocycles. The number of rotatable bonds is 5. The summed E-state index contributed by atoms with van der Waals surface area (Å²) in [5, 5.41) is 6.91. The van der Waals surface area contributed by atoms with Crippen molar-refractivity contribution in [1.29, 1.82) is 0 Å². The lowest BCUT2D eigenvalue weighted by molar-refractivity contribution is 0.610. The quantitative estimate of drug-likeness (QED) is 0.352. The number of benzene rings is 1. The molecule has 3 nitrogen and oxygen atoms in total. The zero-order valence-corrected chi connectivity index (χ0v) is 14.6. The van der Waals surface area contributed by atoms with Gasteiger partial charge in [0.25, 0.3) is 0 Å². The molecule has 4 heteroatoms. The van der Waals surface area contributed by atoms with Crippen molar-refractivity contribution in [3.8, 4) is 0 Å². The van der Waals surface area contributed by atoms with E-state index in [9.17, 15) is 0 Å². The van der Waals surface area contributed by atoms with Crippen LogP contribution >= 0.6 is 24.0 Å². The smallest absolute Gasteiger partial charge is 0.191 e. The predicted molar refractivity (Wildman–Crippen MR) is 96.9 cm³/mol. The lowest BCUT2D eigenvalue weighted by Crippen LogP contribution is -2.42. The van der Waals surface area contributed by atoms with Crippen molar-refractivity contribution in [2.24, 2.45) is 4.99 Å². The zero-order chi connectivity index (χ0) is 13.3. The summed E-state index contributed by atoms with van der Waals surface area (Å²) in [6.45, 7) is 0.973. The zero-order valence-electron chi connectivity index (χ0n) is 12.3. The highest BCUT2D eigenvalue weighted by Gasteiger charge is 2.15. The molecular formula is C16H26IN3. The maximum absolute atomic E-state index is 4.29. The van der Waals surface area contributed by atoms with Crippen molar-refractivity contribution in [2.45, 2.75) is 44.6 Å². The molecule has 0 radical (unpaired) electrons. The van der Waals surface area contributed by atoms with Gasteiger partial charge in [0.05, 0.1) is 0 Å². The fourth-order valence-corrected chi connectivity index (χ4v) is 2.60. The lowest BCUT2D eigenvalue weighted by Gasteiger charge is -2.16. The lowest BCUT2D eigenvalue weighted by atomic mass is 10.1. The number of aryl methyl sites for hydroxylation is 1. The third kappa shape index (κ3) is 6.11. The van der Waals surface area contributed by atoms with Gasteiger partial charge in [0.1, 0.15) is 0 Å². The first-order valence-electron chi connectivity index (χ1n) is 7.39. The largest absolute Gasteiger partial charge is 0.356 e. The van der Waals surface area contributed by atoms with Gasteiger partial charge in [0.2, 0.25) is 0 Å². The normalized spacial score (nSPS) is 15.8. The van der Waals surface area contributed by atoms with Gasteiger partial charge in [-0.15, -0.1) is 24.0 Å². The first-order valence-corrected chi connectivity index (χ1v) is 7.39. The first-order chi connectivity index (χ1) is 9.38. The SMILES string of the molecule is CN=C(NCCCc1ccccc1)NC1CCCC1.I. The van der Waals surface area contributed by atoms with Gasteiger partial charge >= 0.3 is 0 Å². The van der Waals surface area contributed by atoms with Crippen LogP contribution in [0, 0.1) is 0 Å². The molecule has 20 heavy (non-hydrogen) atoms. The number of hydrogen-bond acceptors (Lipinski definition) is 1. The van der Waals surface area contributed by atoms with E-state index < -0.39 is 0 Å². The minimum Gasteiger partial charge on any atom is -0.356 e. The number of guanidine groups is 1. The molecular weight excluding hydrogens is 361 g/mol. The molecule has 0 spiro atoms. The van der Waals surface area contributed by atoms with Gasteiger partial charge in [0.15, 0.2) is 5.96 Å². The van der Waals surface area contributed by atoms with E-state index in [0.717, 1.165) is 25.3 Å². The summed E-state index contributed by atoms with van der Waals surface area (Å²) in [5.74, 6) is 0.958. The van der Waals surface area contributed by atoms with Crippen LogP contribution in [0.1, 0.15) is 37.7 Å². The average Bonchev–Trinajstić information content (AvgIpc) is 2.96. The highest BCUT2D eigenvalue weighted by atomic mass is 127. The van der Waals surface area contributed by atoms with E-state index in [1.165, 1.54) is 31.2 Å². The van der Waals surface area contributed by atoms with E-state index in [2.05, 4.69) is 46.0 Å². The Morgan fingerprint density at radius 3 is 2.55 bits per heavy atom. The van der Waals surface area contributed by atoms with Crippen molar-refractivity contribution in [3.05, 3.63) is 35.9 Å². The Hall–Kier alpha value is -0.780. The summed E-state index contributed by atoms with van der Waals surface area (Å²) < 4.78 is 0. The second kappa shape index (κ2) is 10.0. The van der Waals surface area contributed by atoms with Crippen LogP contribution in [-0.4, -0.2) is 25.6 Å². The van der Waals surface area contributed by atoms with E-state index in [4.69, 9.17) is 0 Å². The Morgan fingerprint density at radius 1 is 1.20 bits per heavy atom. The Balaban J connectivity index is 0.00000200. The molecule has 1 aromatic rings. The summed E-state index contributed by atoms with van der Waals surface area (Å²) in [5.41, 5.74) is 1.41. The van der Waals surface area contributed by atoms with Crippen molar-refractivity contribution in [1.82, 2.24) is 10.6 Å². The van der Waals surface area contributed by atoms with Gasteiger partial charge in [-0.1, -0.05) is 43.2 Å². The topological polar surface area (TPSA) is 36.4 Å². The van der Waals surface area contributed by atoms with Crippen molar-refractivity contribution >= 4 is 29.9 Å². The molecule has 0 amide bonds. The second-order valence-electron chi connectivity index (χ2n) is 5.21. The highest BCUT2D eigenvalue weighted by molar-refractivity contribution is 14.0. The highest BCUT2D eigenvalue weighted by Crippen LogP contribution is 2.17. The third-order valence-corrected chi connectivity index (χ3v) is 3.70. The van der Waals surface area contributed by atoms with Crippen LogP contribution in [0.4, 0.5) is 0 Å². The summed E-state index contributed by atoms with van der Waals surface area (Å²) in [7, 11) is 1.85. The molecule has 1 fully saturated rings. The molecule has 0 aliphatic heterocycles. The number of aliphatic imine (C=N–C) groups is 1. The number of nitrogens with one attached hydrogen (secondary N) is 2. The Labute approximate surface area is 139 Å². The predicted octanol–water partition coefficient (Wildman–Crippen LogP) is 3.34. The molecule has 0 saturated heterocycles. The summed E-state index contributed by atoms with van der Waals surface area (Å²) in [6.07, 6.45) is 7.52. The van der Waals surface area contributed by atoms with Crippen molar-refractivity contribution in [2.75, 3.05) is 13.6 Å². The number of nitrogens with zero attached hydrogens (tertiary/aromatic N) is 1. The van der Waals surface area contributed by atoms with Crippen LogP contribution in [0.3, 0.4) is 0 Å². The third-order valence-electron chi connectivity index (χ3n) is 3.70. The van der Waals surface area contributed by atoms with E-state index in [1.807, 2.05) is 7.05 Å². The Bertz CT molecular complexity index is 386. The fraction of sp³-hybridized carbons (Fsp3) is 0.562. The Kier molecular flexibility index (Phi) is 8.65. The summed E-state index contributed by atoms with van der Waals surface area (Å²) in [4.78, 5) is 4.29. The van der Waals surface area contributed by atoms with Crippen LogP contribution in [0.2, 0.25) is 0 Å². The monoisotopic (exact) mass is 387 g/mol. The molecule has 112 valence electrons. The van der Waals surface area contributed by atoms with Gasteiger partial charge in [-0.2, -0.15) is 0 Å². The van der Waals surface area contributed by atoms with Gasteiger partial charge in [-0.05, 0) is 31.2 Å². The molecule has 1 aliphatic rings. The van der Waals surface area contributed by atoms with E-state index in [1.54, 1.807) is 0 Å².